The lowest BCUT2D eigenvalue weighted by atomic mass is 10.0. The Morgan fingerprint density at radius 3 is 2.59 bits per heavy atom. The minimum atomic E-state index is -0.0385. The lowest BCUT2D eigenvalue weighted by Crippen LogP contribution is -2.40. The second kappa shape index (κ2) is 12.1. The minimum absolute atomic E-state index is 0.0369. The monoisotopic (exact) mass is 526 g/mol. The van der Waals surface area contributed by atoms with Crippen molar-refractivity contribution < 1.29 is 14.3 Å². The Labute approximate surface area is 228 Å². The molecule has 1 saturated heterocycles. The normalized spacial score (nSPS) is 13.6. The Kier molecular flexibility index (Phi) is 8.17. The molecule has 0 saturated carbocycles. The standard InChI is InChI=1S/C30H34N6O3/c1-3-25(4-2)33-28(37)17-21-6-5-7-22(16-21)24-18-26(29-31-10-11-36(29)20-24)34-27-9-8-23(19-32-27)30(38)35-12-14-39-15-13-35/h5-11,16,18-20,25H,3-4,12-15,17H2,1-2H3,(H,32,34)(H,33,37). The Hall–Kier alpha value is -4.24. The number of ether oxygens (including phenoxy) is 1. The second-order valence-corrected chi connectivity index (χ2v) is 9.72. The molecule has 9 heteroatoms. The zero-order valence-electron chi connectivity index (χ0n) is 22.4. The molecule has 0 bridgehead atoms. The maximum Gasteiger partial charge on any atom is 0.255 e. The lowest BCUT2D eigenvalue weighted by molar-refractivity contribution is -0.121. The van der Waals surface area contributed by atoms with Crippen molar-refractivity contribution in [1.29, 1.82) is 0 Å². The number of hydrogen-bond donors (Lipinski definition) is 2. The number of benzene rings is 1. The van der Waals surface area contributed by atoms with Gasteiger partial charge in [-0.25, -0.2) is 9.97 Å². The van der Waals surface area contributed by atoms with E-state index in [9.17, 15) is 9.59 Å². The number of rotatable bonds is 9. The van der Waals surface area contributed by atoms with Crippen molar-refractivity contribution in [2.45, 2.75) is 39.2 Å². The third-order valence-corrected chi connectivity index (χ3v) is 7.03. The Morgan fingerprint density at radius 1 is 1.03 bits per heavy atom. The van der Waals surface area contributed by atoms with E-state index in [0.717, 1.165) is 40.9 Å². The summed E-state index contributed by atoms with van der Waals surface area (Å²) in [5.74, 6) is 0.612. The zero-order valence-corrected chi connectivity index (χ0v) is 22.4. The molecule has 1 aliphatic rings. The topological polar surface area (TPSA) is 101 Å². The van der Waals surface area contributed by atoms with Gasteiger partial charge in [-0.1, -0.05) is 38.1 Å². The second-order valence-electron chi connectivity index (χ2n) is 9.72. The first-order valence-electron chi connectivity index (χ1n) is 13.5. The molecule has 39 heavy (non-hydrogen) atoms. The number of pyridine rings is 2. The molecule has 4 aromatic rings. The van der Waals surface area contributed by atoms with Crippen LogP contribution in [0.25, 0.3) is 16.8 Å². The molecule has 1 aromatic carbocycles. The van der Waals surface area contributed by atoms with Crippen molar-refractivity contribution in [2.75, 3.05) is 31.6 Å². The van der Waals surface area contributed by atoms with Crippen LogP contribution in [0.15, 0.2) is 67.3 Å². The smallest absolute Gasteiger partial charge is 0.255 e. The van der Waals surface area contributed by atoms with Crippen LogP contribution in [0, 0.1) is 0 Å². The minimum Gasteiger partial charge on any atom is -0.378 e. The highest BCUT2D eigenvalue weighted by atomic mass is 16.5. The maximum absolute atomic E-state index is 12.8. The van der Waals surface area contributed by atoms with Gasteiger partial charge in [-0.15, -0.1) is 0 Å². The average Bonchev–Trinajstić information content (AvgIpc) is 3.46. The van der Waals surface area contributed by atoms with Crippen LogP contribution < -0.4 is 10.6 Å². The Bertz CT molecular complexity index is 1440. The van der Waals surface area contributed by atoms with Crippen LogP contribution in [0.3, 0.4) is 0 Å². The molecule has 9 nitrogen and oxygen atoms in total. The molecule has 0 aliphatic carbocycles. The predicted octanol–water partition coefficient (Wildman–Crippen LogP) is 4.46. The average molecular weight is 527 g/mol. The number of fused-ring (bicyclic) bond motifs is 1. The number of hydrogen-bond acceptors (Lipinski definition) is 6. The van der Waals surface area contributed by atoms with E-state index in [-0.39, 0.29) is 17.9 Å². The quantitative estimate of drug-likeness (QED) is 0.334. The molecule has 202 valence electrons. The number of aromatic nitrogens is 3. The number of anilines is 2. The van der Waals surface area contributed by atoms with Crippen LogP contribution in [-0.2, 0) is 16.0 Å². The van der Waals surface area contributed by atoms with Gasteiger partial charge in [0.2, 0.25) is 5.91 Å². The first-order valence-corrected chi connectivity index (χ1v) is 13.5. The molecule has 0 spiro atoms. The SMILES string of the molecule is CCC(CC)NC(=O)Cc1cccc(-c2cc(Nc3ccc(C(=O)N4CCOCC4)cn3)c3nccn3c2)c1. The number of nitrogens with one attached hydrogen (secondary N) is 2. The van der Waals surface area contributed by atoms with Gasteiger partial charge in [-0.05, 0) is 42.2 Å². The van der Waals surface area contributed by atoms with Crippen LogP contribution in [0.5, 0.6) is 0 Å². The van der Waals surface area contributed by atoms with E-state index >= 15 is 0 Å². The van der Waals surface area contributed by atoms with Crippen molar-refractivity contribution in [3.63, 3.8) is 0 Å². The van der Waals surface area contributed by atoms with Gasteiger partial charge in [0.25, 0.3) is 5.91 Å². The van der Waals surface area contributed by atoms with Crippen molar-refractivity contribution in [3.8, 4) is 11.1 Å². The van der Waals surface area contributed by atoms with E-state index in [1.807, 2.05) is 41.1 Å². The molecule has 1 aliphatic heterocycles. The highest BCUT2D eigenvalue weighted by Crippen LogP contribution is 2.28. The van der Waals surface area contributed by atoms with Crippen molar-refractivity contribution in [3.05, 3.63) is 78.4 Å². The molecule has 2 N–H and O–H groups in total. The van der Waals surface area contributed by atoms with Crippen LogP contribution in [0.1, 0.15) is 42.6 Å². The predicted molar refractivity (Wildman–Crippen MR) is 151 cm³/mol. The molecule has 2 amide bonds. The number of imidazole rings is 1. The summed E-state index contributed by atoms with van der Waals surface area (Å²) in [4.78, 5) is 36.1. The molecule has 1 fully saturated rings. The number of nitrogens with zero attached hydrogens (tertiary/aromatic N) is 4. The van der Waals surface area contributed by atoms with Gasteiger partial charge in [0.1, 0.15) is 5.82 Å². The summed E-state index contributed by atoms with van der Waals surface area (Å²) in [6.07, 6.45) is 9.45. The van der Waals surface area contributed by atoms with Crippen molar-refractivity contribution in [1.82, 2.24) is 24.6 Å². The Balaban J connectivity index is 1.35. The molecule has 0 atom stereocenters. The lowest BCUT2D eigenvalue weighted by Gasteiger charge is -2.26. The fourth-order valence-electron chi connectivity index (χ4n) is 4.78. The molecule has 5 rings (SSSR count). The number of carbonyl (C=O) groups is 2. The van der Waals surface area contributed by atoms with Gasteiger partial charge in [0.15, 0.2) is 5.65 Å². The van der Waals surface area contributed by atoms with Gasteiger partial charge >= 0.3 is 0 Å². The van der Waals surface area contributed by atoms with E-state index < -0.39 is 0 Å². The van der Waals surface area contributed by atoms with Gasteiger partial charge in [0, 0.05) is 49.5 Å². The summed E-state index contributed by atoms with van der Waals surface area (Å²) in [7, 11) is 0. The van der Waals surface area contributed by atoms with E-state index in [4.69, 9.17) is 4.74 Å². The highest BCUT2D eigenvalue weighted by Gasteiger charge is 2.19. The third-order valence-electron chi connectivity index (χ3n) is 7.03. The maximum atomic E-state index is 12.8. The molecular formula is C30H34N6O3. The fourth-order valence-corrected chi connectivity index (χ4v) is 4.78. The molecule has 4 heterocycles. The van der Waals surface area contributed by atoms with Crippen LogP contribution >= 0.6 is 0 Å². The summed E-state index contributed by atoms with van der Waals surface area (Å²) in [5.41, 5.74) is 5.03. The summed E-state index contributed by atoms with van der Waals surface area (Å²) < 4.78 is 7.30. The Morgan fingerprint density at radius 2 is 1.85 bits per heavy atom. The number of carbonyl (C=O) groups excluding carboxylic acids is 2. The first kappa shape index (κ1) is 26.4. The summed E-state index contributed by atoms with van der Waals surface area (Å²) >= 11 is 0. The van der Waals surface area contributed by atoms with Gasteiger partial charge in [-0.2, -0.15) is 0 Å². The number of morpholine rings is 1. The fraction of sp³-hybridized carbons (Fsp3) is 0.333. The van der Waals surface area contributed by atoms with Crippen LogP contribution in [0.4, 0.5) is 11.5 Å². The largest absolute Gasteiger partial charge is 0.378 e. The van der Waals surface area contributed by atoms with Gasteiger partial charge < -0.3 is 24.7 Å². The molecule has 3 aromatic heterocycles. The molecule has 0 unspecified atom stereocenters. The summed E-state index contributed by atoms with van der Waals surface area (Å²) in [6, 6.07) is 13.9. The van der Waals surface area contributed by atoms with E-state index in [1.54, 1.807) is 29.4 Å². The van der Waals surface area contributed by atoms with E-state index in [2.05, 4.69) is 40.5 Å². The summed E-state index contributed by atoms with van der Waals surface area (Å²) in [5, 5.41) is 6.48. The highest BCUT2D eigenvalue weighted by molar-refractivity contribution is 5.94. The summed E-state index contributed by atoms with van der Waals surface area (Å²) in [6.45, 7) is 6.47. The zero-order chi connectivity index (χ0) is 27.2. The van der Waals surface area contributed by atoms with Gasteiger partial charge in [0.05, 0.1) is 30.9 Å². The number of amides is 2. The van der Waals surface area contributed by atoms with Crippen molar-refractivity contribution >= 4 is 29.0 Å². The third kappa shape index (κ3) is 6.26. The van der Waals surface area contributed by atoms with E-state index in [1.165, 1.54) is 0 Å². The van der Waals surface area contributed by atoms with Gasteiger partial charge in [-0.3, -0.25) is 9.59 Å². The first-order chi connectivity index (χ1) is 19.0. The van der Waals surface area contributed by atoms with Crippen LogP contribution in [0.2, 0.25) is 0 Å². The van der Waals surface area contributed by atoms with Crippen LogP contribution in [-0.4, -0.2) is 63.4 Å². The molecular weight excluding hydrogens is 492 g/mol. The van der Waals surface area contributed by atoms with E-state index in [0.29, 0.717) is 44.1 Å². The molecule has 0 radical (unpaired) electrons. The van der Waals surface area contributed by atoms with Crippen molar-refractivity contribution in [2.24, 2.45) is 0 Å².